The number of allylic oxidation sites excluding steroid dienone is 2. The van der Waals surface area contributed by atoms with E-state index >= 15 is 0 Å². The van der Waals surface area contributed by atoms with Gasteiger partial charge in [-0.3, -0.25) is 9.59 Å². The monoisotopic (exact) mass is 806 g/mol. The Hall–Kier alpha value is -1.40. The zero-order valence-electron chi connectivity index (χ0n) is 38.5. The Labute approximate surface area is 355 Å². The third-order valence-corrected chi connectivity index (χ3v) is 11.8. The number of carbonyl (C=O) groups is 2. The Kier molecular flexibility index (Phi) is 44.6. The maximum Gasteiger partial charge on any atom is 0.306 e. The lowest BCUT2D eigenvalue weighted by molar-refractivity contribution is -0.151. The predicted molar refractivity (Wildman–Crippen MR) is 246 cm³/mol. The number of aliphatic hydroxyl groups is 2. The molecule has 0 heterocycles. The van der Waals surface area contributed by atoms with Crippen molar-refractivity contribution < 1.29 is 24.5 Å². The SMILES string of the molecule is CCCCCCCCC/C=C/CCCCCCCC(=O)OC(CCCCCCCCC)CC(=O)NC(CO)C(O)CCCCCCCCCCCCCCCCC. The van der Waals surface area contributed by atoms with E-state index in [-0.39, 0.29) is 24.9 Å². The summed E-state index contributed by atoms with van der Waals surface area (Å²) in [7, 11) is 0. The van der Waals surface area contributed by atoms with E-state index in [1.54, 1.807) is 0 Å². The average molecular weight is 806 g/mol. The van der Waals surface area contributed by atoms with Crippen LogP contribution in [0.4, 0.5) is 0 Å². The van der Waals surface area contributed by atoms with Crippen molar-refractivity contribution in [3.8, 4) is 0 Å². The van der Waals surface area contributed by atoms with E-state index in [1.165, 1.54) is 180 Å². The van der Waals surface area contributed by atoms with E-state index in [1.807, 2.05) is 0 Å². The van der Waals surface area contributed by atoms with Crippen molar-refractivity contribution in [2.45, 2.75) is 296 Å². The van der Waals surface area contributed by atoms with Crippen LogP contribution in [0.1, 0.15) is 278 Å². The topological polar surface area (TPSA) is 95.9 Å². The van der Waals surface area contributed by atoms with Gasteiger partial charge in [0.15, 0.2) is 0 Å². The van der Waals surface area contributed by atoms with Gasteiger partial charge in [0.05, 0.1) is 25.2 Å². The number of ether oxygens (including phenoxy) is 1. The lowest BCUT2D eigenvalue weighted by Crippen LogP contribution is -2.46. The molecule has 0 aromatic carbocycles. The third-order valence-electron chi connectivity index (χ3n) is 11.8. The van der Waals surface area contributed by atoms with Gasteiger partial charge < -0.3 is 20.3 Å². The molecule has 0 aliphatic carbocycles. The van der Waals surface area contributed by atoms with Crippen LogP contribution in [0.15, 0.2) is 12.2 Å². The molecule has 6 nitrogen and oxygen atoms in total. The van der Waals surface area contributed by atoms with Crippen LogP contribution in [-0.2, 0) is 14.3 Å². The summed E-state index contributed by atoms with van der Waals surface area (Å²) in [6.45, 7) is 6.47. The summed E-state index contributed by atoms with van der Waals surface area (Å²) in [6, 6.07) is -0.695. The smallest absolute Gasteiger partial charge is 0.306 e. The van der Waals surface area contributed by atoms with E-state index < -0.39 is 18.2 Å². The molecule has 338 valence electrons. The van der Waals surface area contributed by atoms with Gasteiger partial charge in [-0.1, -0.05) is 226 Å². The highest BCUT2D eigenvalue weighted by atomic mass is 16.5. The van der Waals surface area contributed by atoms with Gasteiger partial charge in [0, 0.05) is 6.42 Å². The van der Waals surface area contributed by atoms with E-state index in [9.17, 15) is 19.8 Å². The highest BCUT2D eigenvalue weighted by molar-refractivity contribution is 5.77. The van der Waals surface area contributed by atoms with E-state index in [0.29, 0.717) is 19.3 Å². The van der Waals surface area contributed by atoms with Gasteiger partial charge in [-0.25, -0.2) is 0 Å². The second-order valence-electron chi connectivity index (χ2n) is 17.6. The number of unbranched alkanes of at least 4 members (excludes halogenated alkanes) is 32. The zero-order valence-corrected chi connectivity index (χ0v) is 38.5. The molecular weight excluding hydrogens is 707 g/mol. The van der Waals surface area contributed by atoms with Crippen LogP contribution >= 0.6 is 0 Å². The van der Waals surface area contributed by atoms with Crippen LogP contribution in [0.2, 0.25) is 0 Å². The van der Waals surface area contributed by atoms with Crippen molar-refractivity contribution in [1.29, 1.82) is 0 Å². The van der Waals surface area contributed by atoms with Gasteiger partial charge >= 0.3 is 5.97 Å². The van der Waals surface area contributed by atoms with Crippen LogP contribution in [0, 0.1) is 0 Å². The molecule has 0 bridgehead atoms. The number of aliphatic hydroxyl groups excluding tert-OH is 2. The molecule has 3 N–H and O–H groups in total. The lowest BCUT2D eigenvalue weighted by atomic mass is 10.0. The van der Waals surface area contributed by atoms with Gasteiger partial charge in [-0.05, 0) is 51.4 Å². The first-order valence-electron chi connectivity index (χ1n) is 25.4. The van der Waals surface area contributed by atoms with Crippen molar-refractivity contribution in [2.24, 2.45) is 0 Å². The minimum absolute atomic E-state index is 0.0796. The third kappa shape index (κ3) is 41.1. The van der Waals surface area contributed by atoms with Gasteiger partial charge in [-0.15, -0.1) is 0 Å². The fourth-order valence-electron chi connectivity index (χ4n) is 7.96. The molecule has 57 heavy (non-hydrogen) atoms. The average Bonchev–Trinajstić information content (AvgIpc) is 3.20. The highest BCUT2D eigenvalue weighted by Gasteiger charge is 2.24. The number of hydrogen-bond acceptors (Lipinski definition) is 5. The maximum absolute atomic E-state index is 13.1. The van der Waals surface area contributed by atoms with E-state index in [4.69, 9.17) is 4.74 Å². The van der Waals surface area contributed by atoms with Gasteiger partial charge in [-0.2, -0.15) is 0 Å². The molecule has 0 saturated carbocycles. The Bertz CT molecular complexity index is 863. The molecule has 3 atom stereocenters. The summed E-state index contributed by atoms with van der Waals surface area (Å²) in [5, 5.41) is 23.7. The summed E-state index contributed by atoms with van der Waals surface area (Å²) in [6.07, 6.45) is 50.0. The molecule has 0 aromatic heterocycles. The van der Waals surface area contributed by atoms with Crippen molar-refractivity contribution in [3.63, 3.8) is 0 Å². The van der Waals surface area contributed by atoms with Crippen molar-refractivity contribution in [2.75, 3.05) is 6.61 Å². The highest BCUT2D eigenvalue weighted by Crippen LogP contribution is 2.18. The minimum Gasteiger partial charge on any atom is -0.462 e. The first-order valence-corrected chi connectivity index (χ1v) is 25.4. The minimum atomic E-state index is -0.782. The van der Waals surface area contributed by atoms with Crippen LogP contribution in [0.25, 0.3) is 0 Å². The molecule has 1 amide bonds. The summed E-state index contributed by atoms with van der Waals surface area (Å²) in [5.74, 6) is -0.474. The molecule has 0 aliphatic rings. The Morgan fingerprint density at radius 3 is 1.25 bits per heavy atom. The number of amides is 1. The fraction of sp³-hybridized carbons (Fsp3) is 0.922. The molecular formula is C51H99NO5. The molecule has 6 heteroatoms. The number of hydrogen-bond donors (Lipinski definition) is 3. The van der Waals surface area contributed by atoms with Crippen LogP contribution in [0.3, 0.4) is 0 Å². The van der Waals surface area contributed by atoms with E-state index in [2.05, 4.69) is 38.2 Å². The molecule has 0 rings (SSSR count). The van der Waals surface area contributed by atoms with E-state index in [0.717, 1.165) is 51.4 Å². The second-order valence-corrected chi connectivity index (χ2v) is 17.6. The number of nitrogens with one attached hydrogen (secondary N) is 1. The molecule has 3 unspecified atom stereocenters. The largest absolute Gasteiger partial charge is 0.462 e. The number of esters is 1. The first-order chi connectivity index (χ1) is 28.0. The second kappa shape index (κ2) is 45.7. The molecule has 0 radical (unpaired) electrons. The van der Waals surface area contributed by atoms with Crippen LogP contribution in [0.5, 0.6) is 0 Å². The first kappa shape index (κ1) is 55.6. The molecule has 0 saturated heterocycles. The summed E-state index contributed by atoms with van der Waals surface area (Å²) >= 11 is 0. The van der Waals surface area contributed by atoms with Gasteiger partial charge in [0.1, 0.15) is 6.10 Å². The fourth-order valence-corrected chi connectivity index (χ4v) is 7.96. The maximum atomic E-state index is 13.1. The zero-order chi connectivity index (χ0) is 41.7. The molecule has 0 aromatic rings. The van der Waals surface area contributed by atoms with Gasteiger partial charge in [0.2, 0.25) is 5.91 Å². The van der Waals surface area contributed by atoms with Crippen LogP contribution in [-0.4, -0.2) is 46.9 Å². The summed E-state index contributed by atoms with van der Waals surface area (Å²) < 4.78 is 5.89. The quantitative estimate of drug-likeness (QED) is 0.0323. The normalized spacial score (nSPS) is 13.3. The lowest BCUT2D eigenvalue weighted by Gasteiger charge is -2.24. The Balaban J connectivity index is 4.34. The molecule has 0 fully saturated rings. The molecule has 0 spiro atoms. The number of rotatable bonds is 46. The Morgan fingerprint density at radius 2 is 0.842 bits per heavy atom. The Morgan fingerprint density at radius 1 is 0.491 bits per heavy atom. The van der Waals surface area contributed by atoms with Crippen molar-refractivity contribution >= 4 is 11.9 Å². The number of carbonyl (C=O) groups excluding carboxylic acids is 2. The predicted octanol–water partition coefficient (Wildman–Crippen LogP) is 15.0. The standard InChI is InChI=1S/C51H99NO5/c1-4-7-10-13-16-18-20-22-24-26-28-30-32-35-38-41-44-51(56)57-47(42-39-36-33-15-12-9-6-3)45-50(55)52-48(46-53)49(54)43-40-37-34-31-29-27-25-23-21-19-17-14-11-8-5-2/h24,26,47-49,53-54H,4-23,25,27-46H2,1-3H3,(H,52,55)/b26-24+. The van der Waals surface area contributed by atoms with Crippen molar-refractivity contribution in [1.82, 2.24) is 5.32 Å². The van der Waals surface area contributed by atoms with Crippen molar-refractivity contribution in [3.05, 3.63) is 12.2 Å². The summed E-state index contributed by atoms with van der Waals surface area (Å²) in [4.78, 5) is 26.0. The van der Waals surface area contributed by atoms with Gasteiger partial charge in [0.25, 0.3) is 0 Å². The molecule has 0 aliphatic heterocycles. The van der Waals surface area contributed by atoms with Crippen LogP contribution < -0.4 is 5.32 Å². The summed E-state index contributed by atoms with van der Waals surface area (Å²) in [5.41, 5.74) is 0.